The first kappa shape index (κ1) is 21.7. The highest BCUT2D eigenvalue weighted by Gasteiger charge is 2.24. The highest BCUT2D eigenvalue weighted by molar-refractivity contribution is 14.0. The van der Waals surface area contributed by atoms with Crippen molar-refractivity contribution in [2.75, 3.05) is 33.9 Å². The predicted octanol–water partition coefficient (Wildman–Crippen LogP) is 2.90. The van der Waals surface area contributed by atoms with E-state index in [-0.39, 0.29) is 24.0 Å². The zero-order valence-corrected chi connectivity index (χ0v) is 18.7. The molecule has 0 radical (unpaired) electrons. The van der Waals surface area contributed by atoms with Crippen LogP contribution >= 0.6 is 24.0 Å². The van der Waals surface area contributed by atoms with Crippen molar-refractivity contribution < 1.29 is 4.74 Å². The Morgan fingerprint density at radius 3 is 2.89 bits per heavy atom. The molecule has 7 heteroatoms. The first-order valence-electron chi connectivity index (χ1n) is 9.19. The van der Waals surface area contributed by atoms with Gasteiger partial charge < -0.3 is 19.5 Å². The van der Waals surface area contributed by atoms with Gasteiger partial charge in [-0.05, 0) is 24.5 Å². The van der Waals surface area contributed by atoms with Gasteiger partial charge in [0.2, 0.25) is 0 Å². The Kier molecular flexibility index (Phi) is 8.56. The van der Waals surface area contributed by atoms with E-state index < -0.39 is 0 Å². The monoisotopic (exact) mass is 483 g/mol. The number of ether oxygens (including phenoxy) is 1. The van der Waals surface area contributed by atoms with Gasteiger partial charge in [-0.2, -0.15) is 0 Å². The second-order valence-corrected chi connectivity index (χ2v) is 6.88. The third-order valence-electron chi connectivity index (χ3n) is 4.92. The van der Waals surface area contributed by atoms with Gasteiger partial charge in [-0.15, -0.1) is 24.0 Å². The van der Waals surface area contributed by atoms with E-state index in [1.807, 2.05) is 26.4 Å². The first-order valence-corrected chi connectivity index (χ1v) is 9.19. The van der Waals surface area contributed by atoms with Gasteiger partial charge >= 0.3 is 0 Å². The summed E-state index contributed by atoms with van der Waals surface area (Å²) in [5, 5.41) is 3.50. The third kappa shape index (κ3) is 5.93. The molecule has 2 heterocycles. The summed E-state index contributed by atoms with van der Waals surface area (Å²) in [7, 11) is 3.62. The molecule has 0 amide bonds. The zero-order valence-electron chi connectivity index (χ0n) is 16.4. The molecule has 1 N–H and O–H groups in total. The molecule has 0 saturated carbocycles. The summed E-state index contributed by atoms with van der Waals surface area (Å²) in [5.41, 5.74) is 2.54. The maximum Gasteiger partial charge on any atom is 0.193 e. The van der Waals surface area contributed by atoms with E-state index in [9.17, 15) is 0 Å². The van der Waals surface area contributed by atoms with Crippen LogP contribution in [0.25, 0.3) is 0 Å². The normalized spacial score (nSPS) is 17.1. The van der Waals surface area contributed by atoms with Crippen molar-refractivity contribution >= 4 is 29.9 Å². The van der Waals surface area contributed by atoms with Crippen LogP contribution in [-0.2, 0) is 17.8 Å². The van der Waals surface area contributed by atoms with Crippen LogP contribution in [0.5, 0.6) is 0 Å². The fourth-order valence-electron chi connectivity index (χ4n) is 3.52. The van der Waals surface area contributed by atoms with Crippen LogP contribution in [0, 0.1) is 12.8 Å². The lowest BCUT2D eigenvalue weighted by molar-refractivity contribution is 0.157. The topological polar surface area (TPSA) is 54.7 Å². The molecular formula is C20H30IN5O. The van der Waals surface area contributed by atoms with Crippen LogP contribution in [0.3, 0.4) is 0 Å². The number of nitrogens with zero attached hydrogens (tertiary/aromatic N) is 4. The molecule has 1 aliphatic rings. The fraction of sp³-hybridized carbons (Fsp3) is 0.500. The van der Waals surface area contributed by atoms with Crippen LogP contribution < -0.4 is 5.32 Å². The molecule has 1 atom stereocenters. The summed E-state index contributed by atoms with van der Waals surface area (Å²) in [5.74, 6) is 2.60. The van der Waals surface area contributed by atoms with E-state index in [4.69, 9.17) is 4.74 Å². The van der Waals surface area contributed by atoms with Crippen LogP contribution in [0.1, 0.15) is 23.4 Å². The molecule has 0 aliphatic carbocycles. The molecule has 3 rings (SSSR count). The summed E-state index contributed by atoms with van der Waals surface area (Å²) in [6.07, 6.45) is 5.03. The molecule has 1 saturated heterocycles. The van der Waals surface area contributed by atoms with Crippen LogP contribution in [-0.4, -0.2) is 54.3 Å². The summed E-state index contributed by atoms with van der Waals surface area (Å²) in [6, 6.07) is 8.68. The van der Waals surface area contributed by atoms with Crippen molar-refractivity contribution in [3.8, 4) is 0 Å². The maximum absolute atomic E-state index is 5.29. The zero-order chi connectivity index (χ0) is 18.4. The minimum atomic E-state index is 0. The van der Waals surface area contributed by atoms with E-state index in [2.05, 4.69) is 49.0 Å². The number of guanidine groups is 1. The number of nitrogens with one attached hydrogen (secondary N) is 1. The van der Waals surface area contributed by atoms with Crippen molar-refractivity contribution in [1.82, 2.24) is 19.8 Å². The van der Waals surface area contributed by atoms with Crippen LogP contribution in [0.15, 0.2) is 41.7 Å². The Balaban J connectivity index is 0.00000261. The highest BCUT2D eigenvalue weighted by atomic mass is 127. The second-order valence-electron chi connectivity index (χ2n) is 6.88. The molecule has 0 spiro atoms. The molecule has 1 aliphatic heterocycles. The fourth-order valence-corrected chi connectivity index (χ4v) is 3.52. The number of hydrogen-bond acceptors (Lipinski definition) is 3. The quantitative estimate of drug-likeness (QED) is 0.390. The average molecular weight is 483 g/mol. The molecule has 1 unspecified atom stereocenters. The first-order chi connectivity index (χ1) is 12.7. The SMILES string of the molecule is CN=C(NCc1cccc(Cn2ccnc2C)c1)N1CCC(COC)C1.I. The highest BCUT2D eigenvalue weighted by Crippen LogP contribution is 2.16. The Hall–Kier alpha value is -1.61. The van der Waals surface area contributed by atoms with Crippen molar-refractivity contribution in [1.29, 1.82) is 0 Å². The number of likely N-dealkylation sites (tertiary alicyclic amines) is 1. The molecular weight excluding hydrogens is 453 g/mol. The number of benzene rings is 1. The number of halogens is 1. The van der Waals surface area contributed by atoms with Gasteiger partial charge in [0.05, 0.1) is 6.61 Å². The molecule has 1 fully saturated rings. The van der Waals surface area contributed by atoms with Gasteiger partial charge in [0.15, 0.2) is 5.96 Å². The third-order valence-corrected chi connectivity index (χ3v) is 4.92. The predicted molar refractivity (Wildman–Crippen MR) is 120 cm³/mol. The van der Waals surface area contributed by atoms with Gasteiger partial charge in [-0.25, -0.2) is 4.98 Å². The standard InChI is InChI=1S/C20H29N5O.HI/c1-16-22-8-10-24(16)13-18-6-4-5-17(11-18)12-23-20(21-2)25-9-7-19(14-25)15-26-3;/h4-6,8,10-11,19H,7,9,12-15H2,1-3H3,(H,21,23);1H. The van der Waals surface area contributed by atoms with E-state index in [1.165, 1.54) is 11.1 Å². The maximum atomic E-state index is 5.29. The number of aromatic nitrogens is 2. The van der Waals surface area contributed by atoms with Gasteiger partial charge in [0.25, 0.3) is 0 Å². The largest absolute Gasteiger partial charge is 0.384 e. The van der Waals surface area contributed by atoms with Gasteiger partial charge in [0.1, 0.15) is 5.82 Å². The molecule has 0 bridgehead atoms. The number of aryl methyl sites for hydroxylation is 1. The number of imidazole rings is 1. The van der Waals surface area contributed by atoms with Crippen LogP contribution in [0.2, 0.25) is 0 Å². The number of hydrogen-bond donors (Lipinski definition) is 1. The number of rotatable bonds is 6. The van der Waals surface area contributed by atoms with E-state index in [0.29, 0.717) is 5.92 Å². The molecule has 6 nitrogen and oxygen atoms in total. The van der Waals surface area contributed by atoms with Crippen molar-refractivity contribution in [2.45, 2.75) is 26.4 Å². The Labute approximate surface area is 179 Å². The minimum absolute atomic E-state index is 0. The summed E-state index contributed by atoms with van der Waals surface area (Å²) in [4.78, 5) is 11.1. The minimum Gasteiger partial charge on any atom is -0.384 e. The lowest BCUT2D eigenvalue weighted by atomic mass is 10.1. The number of methoxy groups -OCH3 is 1. The van der Waals surface area contributed by atoms with Gasteiger partial charge in [0, 0.05) is 58.6 Å². The second kappa shape index (κ2) is 10.7. The summed E-state index contributed by atoms with van der Waals surface area (Å²) < 4.78 is 7.45. The lowest BCUT2D eigenvalue weighted by Gasteiger charge is -2.22. The van der Waals surface area contributed by atoms with Crippen molar-refractivity contribution in [3.63, 3.8) is 0 Å². The average Bonchev–Trinajstić information content (AvgIpc) is 3.26. The Bertz CT molecular complexity index is 745. The Morgan fingerprint density at radius 2 is 2.19 bits per heavy atom. The van der Waals surface area contributed by atoms with Crippen LogP contribution in [0.4, 0.5) is 0 Å². The van der Waals surface area contributed by atoms with Crippen molar-refractivity contribution in [2.24, 2.45) is 10.9 Å². The molecule has 148 valence electrons. The van der Waals surface area contributed by atoms with E-state index in [0.717, 1.165) is 51.0 Å². The van der Waals surface area contributed by atoms with E-state index in [1.54, 1.807) is 7.11 Å². The van der Waals surface area contributed by atoms with E-state index >= 15 is 0 Å². The molecule has 2 aromatic rings. The molecule has 27 heavy (non-hydrogen) atoms. The van der Waals surface area contributed by atoms with Crippen molar-refractivity contribution in [3.05, 3.63) is 53.6 Å². The molecule has 1 aromatic heterocycles. The molecule has 1 aromatic carbocycles. The Morgan fingerprint density at radius 1 is 1.37 bits per heavy atom. The van der Waals surface area contributed by atoms with Gasteiger partial charge in [-0.3, -0.25) is 4.99 Å². The van der Waals surface area contributed by atoms with Gasteiger partial charge in [-0.1, -0.05) is 24.3 Å². The number of aliphatic imine (C=N–C) groups is 1. The summed E-state index contributed by atoms with van der Waals surface area (Å²) >= 11 is 0. The smallest absolute Gasteiger partial charge is 0.193 e. The lowest BCUT2D eigenvalue weighted by Crippen LogP contribution is -2.39. The summed E-state index contributed by atoms with van der Waals surface area (Å²) in [6.45, 7) is 6.51.